The van der Waals surface area contributed by atoms with Crippen LogP contribution in [0.2, 0.25) is 0 Å². The van der Waals surface area contributed by atoms with Crippen LogP contribution in [0.5, 0.6) is 0 Å². The molecule has 0 aliphatic rings. The van der Waals surface area contributed by atoms with Crippen LogP contribution in [0.3, 0.4) is 0 Å². The van der Waals surface area contributed by atoms with Gasteiger partial charge in [0.15, 0.2) is 0 Å². The van der Waals surface area contributed by atoms with Crippen molar-refractivity contribution >= 4 is 17.7 Å². The first-order chi connectivity index (χ1) is 9.99. The van der Waals surface area contributed by atoms with Gasteiger partial charge in [-0.2, -0.15) is 13.2 Å². The lowest BCUT2D eigenvalue weighted by molar-refractivity contribution is -0.137. The van der Waals surface area contributed by atoms with Crippen LogP contribution in [0.15, 0.2) is 40.6 Å². The molecule has 0 saturated heterocycles. The van der Waals surface area contributed by atoms with Crippen LogP contribution in [-0.4, -0.2) is 21.5 Å². The van der Waals surface area contributed by atoms with E-state index in [2.05, 4.69) is 20.3 Å². The quantitative estimate of drug-likeness (QED) is 0.849. The molecule has 2 aromatic heterocycles. The van der Waals surface area contributed by atoms with Gasteiger partial charge in [0.25, 0.3) is 0 Å². The predicted octanol–water partition coefficient (Wildman–Crippen LogP) is 3.86. The van der Waals surface area contributed by atoms with Gasteiger partial charge >= 0.3 is 6.18 Å². The zero-order chi connectivity index (χ0) is 15.3. The van der Waals surface area contributed by atoms with E-state index in [4.69, 9.17) is 0 Å². The summed E-state index contributed by atoms with van der Waals surface area (Å²) in [6.07, 6.45) is -1.01. The summed E-state index contributed by atoms with van der Waals surface area (Å²) in [5.74, 6) is 0.494. The zero-order valence-corrected chi connectivity index (χ0v) is 12.0. The Morgan fingerprint density at radius 2 is 1.95 bits per heavy atom. The minimum Gasteiger partial charge on any atom is -0.354 e. The fraction of sp³-hybridized carbons (Fsp3) is 0.308. The van der Waals surface area contributed by atoms with Crippen molar-refractivity contribution in [2.24, 2.45) is 0 Å². The van der Waals surface area contributed by atoms with E-state index < -0.39 is 11.7 Å². The Morgan fingerprint density at radius 3 is 2.57 bits per heavy atom. The molecular weight excluding hydrogens is 301 g/mol. The van der Waals surface area contributed by atoms with E-state index in [1.807, 2.05) is 6.92 Å². The molecule has 2 aromatic rings. The largest absolute Gasteiger partial charge is 0.417 e. The highest BCUT2D eigenvalue weighted by molar-refractivity contribution is 7.99. The third-order valence-corrected chi connectivity index (χ3v) is 3.32. The molecule has 0 saturated carbocycles. The molecule has 0 amide bonds. The van der Waals surface area contributed by atoms with Gasteiger partial charge < -0.3 is 5.32 Å². The minimum absolute atomic E-state index is 0.447. The molecule has 0 bridgehead atoms. The Balaban J connectivity index is 2.07. The van der Waals surface area contributed by atoms with Gasteiger partial charge in [0.1, 0.15) is 10.1 Å². The van der Waals surface area contributed by atoms with Gasteiger partial charge in [0, 0.05) is 18.9 Å². The third-order valence-electron chi connectivity index (χ3n) is 2.44. The summed E-state index contributed by atoms with van der Waals surface area (Å²) in [7, 11) is 0. The Morgan fingerprint density at radius 1 is 1.14 bits per heavy atom. The molecule has 0 radical (unpaired) electrons. The van der Waals surface area contributed by atoms with E-state index in [0.29, 0.717) is 16.0 Å². The maximum atomic E-state index is 12.4. The van der Waals surface area contributed by atoms with Crippen LogP contribution in [0.1, 0.15) is 18.9 Å². The summed E-state index contributed by atoms with van der Waals surface area (Å²) in [6, 6.07) is 4.02. The maximum absolute atomic E-state index is 12.4. The highest BCUT2D eigenvalue weighted by Crippen LogP contribution is 2.31. The van der Waals surface area contributed by atoms with Crippen molar-refractivity contribution in [3.63, 3.8) is 0 Å². The molecule has 0 fully saturated rings. The summed E-state index contributed by atoms with van der Waals surface area (Å²) in [5, 5.41) is 4.11. The number of hydrogen-bond donors (Lipinski definition) is 1. The zero-order valence-electron chi connectivity index (χ0n) is 11.2. The molecular formula is C13H13F3N4S. The lowest BCUT2D eigenvalue weighted by Crippen LogP contribution is -2.05. The van der Waals surface area contributed by atoms with E-state index in [1.165, 1.54) is 17.8 Å². The molecule has 112 valence electrons. The van der Waals surface area contributed by atoms with Crippen LogP contribution >= 0.6 is 11.8 Å². The number of hydrogen-bond acceptors (Lipinski definition) is 5. The Kier molecular flexibility index (Phi) is 5.00. The standard InChI is InChI=1S/C13H13F3N4S/c1-2-6-17-12-18-7-5-11(20-12)21-10-4-3-9(8-19-10)13(14,15)16/h3-5,7-8H,2,6H2,1H3,(H,17,18,20). The van der Waals surface area contributed by atoms with E-state index in [0.717, 1.165) is 25.2 Å². The lowest BCUT2D eigenvalue weighted by atomic mass is 10.3. The van der Waals surface area contributed by atoms with Crippen LogP contribution in [0.25, 0.3) is 0 Å². The first kappa shape index (κ1) is 15.6. The van der Waals surface area contributed by atoms with E-state index in [9.17, 15) is 13.2 Å². The highest BCUT2D eigenvalue weighted by atomic mass is 32.2. The third kappa shape index (κ3) is 4.59. The molecule has 0 spiro atoms. The summed E-state index contributed by atoms with van der Waals surface area (Å²) in [5.41, 5.74) is -0.764. The SMILES string of the molecule is CCCNc1nccc(Sc2ccc(C(F)(F)F)cn2)n1. The molecule has 8 heteroatoms. The Hall–Kier alpha value is -1.83. The number of nitrogens with one attached hydrogen (secondary N) is 1. The number of alkyl halides is 3. The number of nitrogens with zero attached hydrogens (tertiary/aromatic N) is 3. The highest BCUT2D eigenvalue weighted by Gasteiger charge is 2.30. The van der Waals surface area contributed by atoms with Crippen LogP contribution in [-0.2, 0) is 6.18 Å². The molecule has 2 heterocycles. The average molecular weight is 314 g/mol. The summed E-state index contributed by atoms with van der Waals surface area (Å²) in [6.45, 7) is 2.78. The minimum atomic E-state index is -4.37. The maximum Gasteiger partial charge on any atom is 0.417 e. The Labute approximate surface area is 124 Å². The van der Waals surface area contributed by atoms with Crippen LogP contribution in [0, 0.1) is 0 Å². The molecule has 1 N–H and O–H groups in total. The van der Waals surface area contributed by atoms with Gasteiger partial charge in [-0.05, 0) is 36.4 Å². The van der Waals surface area contributed by atoms with Crippen LogP contribution < -0.4 is 5.32 Å². The van der Waals surface area contributed by atoms with Crippen molar-refractivity contribution < 1.29 is 13.2 Å². The fourth-order valence-corrected chi connectivity index (χ4v) is 2.15. The molecule has 0 atom stereocenters. The average Bonchev–Trinajstić information content (AvgIpc) is 2.45. The molecule has 0 unspecified atom stereocenters. The van der Waals surface area contributed by atoms with E-state index >= 15 is 0 Å². The summed E-state index contributed by atoms with van der Waals surface area (Å²) < 4.78 is 37.3. The van der Waals surface area contributed by atoms with Gasteiger partial charge in [0.2, 0.25) is 5.95 Å². The fourth-order valence-electron chi connectivity index (χ4n) is 1.44. The topological polar surface area (TPSA) is 50.7 Å². The first-order valence-corrected chi connectivity index (χ1v) is 7.08. The predicted molar refractivity (Wildman–Crippen MR) is 74.2 cm³/mol. The smallest absolute Gasteiger partial charge is 0.354 e. The Bertz CT molecular complexity index is 587. The van der Waals surface area contributed by atoms with Gasteiger partial charge in [0.05, 0.1) is 5.56 Å². The van der Waals surface area contributed by atoms with Crippen molar-refractivity contribution in [2.45, 2.75) is 29.6 Å². The molecule has 0 aromatic carbocycles. The number of halogens is 3. The molecule has 2 rings (SSSR count). The second-order valence-electron chi connectivity index (χ2n) is 4.13. The van der Waals surface area contributed by atoms with Crippen molar-refractivity contribution in [1.29, 1.82) is 0 Å². The van der Waals surface area contributed by atoms with Gasteiger partial charge in [-0.25, -0.2) is 15.0 Å². The van der Waals surface area contributed by atoms with Crippen LogP contribution in [0.4, 0.5) is 19.1 Å². The molecule has 0 aliphatic heterocycles. The van der Waals surface area contributed by atoms with Crippen molar-refractivity contribution in [3.8, 4) is 0 Å². The first-order valence-electron chi connectivity index (χ1n) is 6.27. The summed E-state index contributed by atoms with van der Waals surface area (Å²) in [4.78, 5) is 12.1. The lowest BCUT2D eigenvalue weighted by Gasteiger charge is -2.07. The second kappa shape index (κ2) is 6.75. The molecule has 0 aliphatic carbocycles. The molecule has 21 heavy (non-hydrogen) atoms. The van der Waals surface area contributed by atoms with Gasteiger partial charge in [-0.1, -0.05) is 6.92 Å². The van der Waals surface area contributed by atoms with Gasteiger partial charge in [-0.3, -0.25) is 0 Å². The normalized spacial score (nSPS) is 11.4. The number of rotatable bonds is 5. The number of aromatic nitrogens is 3. The number of anilines is 1. The second-order valence-corrected chi connectivity index (χ2v) is 5.17. The van der Waals surface area contributed by atoms with Crippen molar-refractivity contribution in [3.05, 3.63) is 36.2 Å². The molecule has 4 nitrogen and oxygen atoms in total. The van der Waals surface area contributed by atoms with E-state index in [1.54, 1.807) is 12.3 Å². The monoisotopic (exact) mass is 314 g/mol. The van der Waals surface area contributed by atoms with Crippen molar-refractivity contribution in [2.75, 3.05) is 11.9 Å². The van der Waals surface area contributed by atoms with Crippen molar-refractivity contribution in [1.82, 2.24) is 15.0 Å². The van der Waals surface area contributed by atoms with E-state index in [-0.39, 0.29) is 0 Å². The van der Waals surface area contributed by atoms with Gasteiger partial charge in [-0.15, -0.1) is 0 Å². The summed E-state index contributed by atoms with van der Waals surface area (Å²) >= 11 is 1.18. The number of pyridine rings is 1.